The Labute approximate surface area is 120 Å². The van der Waals surface area contributed by atoms with Crippen molar-refractivity contribution in [1.82, 2.24) is 10.4 Å². The van der Waals surface area contributed by atoms with Gasteiger partial charge in [-0.2, -0.15) is 0 Å². The average Bonchev–Trinajstić information content (AvgIpc) is 2.49. The van der Waals surface area contributed by atoms with E-state index < -0.39 is 0 Å². The minimum atomic E-state index is -0.128. The van der Waals surface area contributed by atoms with Gasteiger partial charge < -0.3 is 4.74 Å². The predicted octanol–water partition coefficient (Wildman–Crippen LogP) is 2.73. The lowest BCUT2D eigenvalue weighted by Gasteiger charge is -2.21. The molecule has 0 saturated heterocycles. The van der Waals surface area contributed by atoms with Gasteiger partial charge in [-0.1, -0.05) is 31.2 Å². The van der Waals surface area contributed by atoms with Crippen LogP contribution in [0.2, 0.25) is 0 Å². The van der Waals surface area contributed by atoms with E-state index in [0.717, 1.165) is 29.0 Å². The van der Waals surface area contributed by atoms with Crippen LogP contribution in [-0.2, 0) is 0 Å². The molecule has 3 N–H and O–H groups in total. The Morgan fingerprint density at radius 3 is 2.65 bits per heavy atom. The highest BCUT2D eigenvalue weighted by Gasteiger charge is 2.18. The summed E-state index contributed by atoms with van der Waals surface area (Å²) >= 11 is 0. The van der Waals surface area contributed by atoms with Crippen LogP contribution in [0.1, 0.15) is 36.2 Å². The van der Waals surface area contributed by atoms with E-state index in [4.69, 9.17) is 10.6 Å². The number of aromatic nitrogens is 1. The van der Waals surface area contributed by atoms with Gasteiger partial charge in [-0.15, -0.1) is 0 Å². The van der Waals surface area contributed by atoms with E-state index in [2.05, 4.69) is 17.3 Å². The molecule has 0 aliphatic rings. The van der Waals surface area contributed by atoms with Crippen molar-refractivity contribution in [3.05, 3.63) is 59.4 Å². The monoisotopic (exact) mass is 271 g/mol. The van der Waals surface area contributed by atoms with Crippen LogP contribution in [0.15, 0.2) is 42.6 Å². The SMILES string of the molecule is CCCOc1ccccc1C(NN)c1cccnc1C. The summed E-state index contributed by atoms with van der Waals surface area (Å²) in [5.41, 5.74) is 5.92. The first-order valence-corrected chi connectivity index (χ1v) is 6.87. The van der Waals surface area contributed by atoms with Crippen molar-refractivity contribution in [1.29, 1.82) is 0 Å². The van der Waals surface area contributed by atoms with Crippen molar-refractivity contribution in [2.45, 2.75) is 26.3 Å². The van der Waals surface area contributed by atoms with Crippen LogP contribution in [0, 0.1) is 6.92 Å². The Morgan fingerprint density at radius 1 is 1.20 bits per heavy atom. The van der Waals surface area contributed by atoms with Gasteiger partial charge in [-0.3, -0.25) is 10.8 Å². The summed E-state index contributed by atoms with van der Waals surface area (Å²) in [6.45, 7) is 4.77. The Bertz CT molecular complexity index is 557. The Hall–Kier alpha value is -1.91. The number of hydrogen-bond donors (Lipinski definition) is 2. The average molecular weight is 271 g/mol. The second-order valence-electron chi connectivity index (χ2n) is 4.66. The lowest BCUT2D eigenvalue weighted by molar-refractivity contribution is 0.311. The van der Waals surface area contributed by atoms with E-state index in [1.165, 1.54) is 0 Å². The first-order valence-electron chi connectivity index (χ1n) is 6.87. The fourth-order valence-corrected chi connectivity index (χ4v) is 2.21. The zero-order valence-electron chi connectivity index (χ0n) is 12.0. The van der Waals surface area contributed by atoms with Crippen molar-refractivity contribution in [3.8, 4) is 5.75 Å². The molecule has 0 aliphatic heterocycles. The minimum absolute atomic E-state index is 0.128. The van der Waals surface area contributed by atoms with E-state index in [1.807, 2.05) is 43.3 Å². The van der Waals surface area contributed by atoms with Gasteiger partial charge in [0.05, 0.1) is 12.6 Å². The second-order valence-corrected chi connectivity index (χ2v) is 4.66. The van der Waals surface area contributed by atoms with Crippen molar-refractivity contribution in [2.75, 3.05) is 6.61 Å². The van der Waals surface area contributed by atoms with Crippen molar-refractivity contribution in [2.24, 2.45) is 5.84 Å². The molecule has 0 bridgehead atoms. The molecule has 106 valence electrons. The van der Waals surface area contributed by atoms with Crippen LogP contribution < -0.4 is 16.0 Å². The summed E-state index contributed by atoms with van der Waals surface area (Å²) in [4.78, 5) is 4.33. The summed E-state index contributed by atoms with van der Waals surface area (Å²) in [6, 6.07) is 11.8. The van der Waals surface area contributed by atoms with Crippen LogP contribution >= 0.6 is 0 Å². The highest BCUT2D eigenvalue weighted by Crippen LogP contribution is 2.30. The Morgan fingerprint density at radius 2 is 1.95 bits per heavy atom. The number of benzene rings is 1. The van der Waals surface area contributed by atoms with Crippen LogP contribution in [0.3, 0.4) is 0 Å². The molecule has 0 radical (unpaired) electrons. The molecule has 0 fully saturated rings. The van der Waals surface area contributed by atoms with Gasteiger partial charge in [-0.05, 0) is 31.0 Å². The number of aryl methyl sites for hydroxylation is 1. The summed E-state index contributed by atoms with van der Waals surface area (Å²) in [6.07, 6.45) is 2.76. The van der Waals surface area contributed by atoms with E-state index >= 15 is 0 Å². The van der Waals surface area contributed by atoms with Crippen molar-refractivity contribution in [3.63, 3.8) is 0 Å². The molecule has 1 unspecified atom stereocenters. The lowest BCUT2D eigenvalue weighted by atomic mass is 9.97. The van der Waals surface area contributed by atoms with Crippen LogP contribution in [-0.4, -0.2) is 11.6 Å². The van der Waals surface area contributed by atoms with Crippen LogP contribution in [0.5, 0.6) is 5.75 Å². The van der Waals surface area contributed by atoms with E-state index in [1.54, 1.807) is 6.20 Å². The molecule has 4 nitrogen and oxygen atoms in total. The van der Waals surface area contributed by atoms with Crippen LogP contribution in [0.4, 0.5) is 0 Å². The number of nitrogens with zero attached hydrogens (tertiary/aromatic N) is 1. The molecule has 1 atom stereocenters. The molecule has 20 heavy (non-hydrogen) atoms. The standard InChI is InChI=1S/C16H21N3O/c1-3-11-20-15-9-5-4-7-14(15)16(19-17)13-8-6-10-18-12(13)2/h4-10,16,19H,3,11,17H2,1-2H3. The maximum Gasteiger partial charge on any atom is 0.124 e. The van der Waals surface area contributed by atoms with E-state index in [9.17, 15) is 0 Å². The summed E-state index contributed by atoms with van der Waals surface area (Å²) in [7, 11) is 0. The third-order valence-electron chi connectivity index (χ3n) is 3.22. The van der Waals surface area contributed by atoms with Crippen molar-refractivity contribution < 1.29 is 4.74 Å². The molecular weight excluding hydrogens is 250 g/mol. The normalized spacial score (nSPS) is 12.2. The third kappa shape index (κ3) is 3.15. The number of para-hydroxylation sites is 1. The molecule has 2 aromatic rings. The fraction of sp³-hybridized carbons (Fsp3) is 0.312. The first kappa shape index (κ1) is 14.5. The van der Waals surface area contributed by atoms with Gasteiger partial charge in [0.15, 0.2) is 0 Å². The quantitative estimate of drug-likeness (QED) is 0.626. The topological polar surface area (TPSA) is 60.2 Å². The lowest BCUT2D eigenvalue weighted by Crippen LogP contribution is -2.30. The maximum absolute atomic E-state index is 5.81. The highest BCUT2D eigenvalue weighted by atomic mass is 16.5. The zero-order chi connectivity index (χ0) is 14.4. The molecule has 1 aromatic carbocycles. The van der Waals surface area contributed by atoms with Gasteiger partial charge in [0.1, 0.15) is 5.75 Å². The predicted molar refractivity (Wildman–Crippen MR) is 80.4 cm³/mol. The maximum atomic E-state index is 5.81. The number of pyridine rings is 1. The molecule has 1 aromatic heterocycles. The van der Waals surface area contributed by atoms with Crippen LogP contribution in [0.25, 0.3) is 0 Å². The fourth-order valence-electron chi connectivity index (χ4n) is 2.21. The number of nitrogens with two attached hydrogens (primary N) is 1. The zero-order valence-corrected chi connectivity index (χ0v) is 12.0. The largest absolute Gasteiger partial charge is 0.493 e. The molecule has 0 aliphatic carbocycles. The molecule has 4 heteroatoms. The third-order valence-corrected chi connectivity index (χ3v) is 3.22. The number of nitrogens with one attached hydrogen (secondary N) is 1. The van der Waals surface area contributed by atoms with Gasteiger partial charge >= 0.3 is 0 Å². The number of hydrogen-bond acceptors (Lipinski definition) is 4. The van der Waals surface area contributed by atoms with Gasteiger partial charge in [0.2, 0.25) is 0 Å². The molecule has 1 heterocycles. The Kier molecular flexibility index (Phi) is 5.09. The number of ether oxygens (including phenoxy) is 1. The summed E-state index contributed by atoms with van der Waals surface area (Å²) in [5, 5.41) is 0. The summed E-state index contributed by atoms with van der Waals surface area (Å²) in [5.74, 6) is 6.63. The molecule has 0 spiro atoms. The van der Waals surface area contributed by atoms with Gasteiger partial charge in [-0.25, -0.2) is 5.43 Å². The van der Waals surface area contributed by atoms with E-state index in [0.29, 0.717) is 6.61 Å². The van der Waals surface area contributed by atoms with Crippen molar-refractivity contribution >= 4 is 0 Å². The second kappa shape index (κ2) is 7.03. The van der Waals surface area contributed by atoms with Gasteiger partial charge in [0.25, 0.3) is 0 Å². The Balaban J connectivity index is 2.39. The highest BCUT2D eigenvalue weighted by molar-refractivity contribution is 5.42. The molecule has 0 saturated carbocycles. The number of hydrazine groups is 1. The minimum Gasteiger partial charge on any atom is -0.493 e. The number of rotatable bonds is 6. The summed E-state index contributed by atoms with van der Waals surface area (Å²) < 4.78 is 5.81. The molecular formula is C16H21N3O. The molecule has 2 rings (SSSR count). The molecule has 0 amide bonds. The first-order chi connectivity index (χ1) is 9.77. The van der Waals surface area contributed by atoms with E-state index in [-0.39, 0.29) is 6.04 Å². The van der Waals surface area contributed by atoms with Gasteiger partial charge in [0, 0.05) is 17.5 Å². The smallest absolute Gasteiger partial charge is 0.124 e.